The lowest BCUT2D eigenvalue weighted by Gasteiger charge is -1.90. The van der Waals surface area contributed by atoms with Gasteiger partial charge < -0.3 is 24.0 Å². The Balaban J connectivity index is 0.000000980. The highest BCUT2D eigenvalue weighted by molar-refractivity contribution is 14.1. The van der Waals surface area contributed by atoms with E-state index in [1.54, 1.807) is 18.7 Å². The van der Waals surface area contributed by atoms with Gasteiger partial charge in [0.15, 0.2) is 10.0 Å². The van der Waals surface area contributed by atoms with Crippen LogP contribution in [0.4, 0.5) is 0 Å². The van der Waals surface area contributed by atoms with E-state index in [-0.39, 0.29) is 24.0 Å². The average Bonchev–Trinajstić information content (AvgIpc) is 2.43. The zero-order chi connectivity index (χ0) is 9.10. The van der Waals surface area contributed by atoms with Crippen LogP contribution >= 0.6 is 22.6 Å². The summed E-state index contributed by atoms with van der Waals surface area (Å²) in [5, 5.41) is 0. The Morgan fingerprint density at radius 3 is 3.07 bits per heavy atom. The quantitative estimate of drug-likeness (QED) is 0.434. The number of nitrogens with zero attached hydrogens (tertiary/aromatic N) is 4. The molecule has 0 radical (unpaired) electrons. The second kappa shape index (κ2) is 5.37. The third-order valence-electron chi connectivity index (χ3n) is 1.40. The molecule has 1 N–H and O–H groups in total. The van der Waals surface area contributed by atoms with Crippen molar-refractivity contribution in [1.82, 2.24) is 9.55 Å². The number of hydrogen-bond acceptors (Lipinski definition) is 3. The van der Waals surface area contributed by atoms with Crippen molar-refractivity contribution in [2.45, 2.75) is 0 Å². The Labute approximate surface area is 111 Å². The molecule has 1 aromatic rings. The summed E-state index contributed by atoms with van der Waals surface area (Å²) < 4.78 is 2.79. The number of aliphatic imine (C=N–C) groups is 2. The lowest BCUT2D eigenvalue weighted by molar-refractivity contribution is -0.373. The predicted octanol–water partition coefficient (Wildman–Crippen LogP) is -4.00. The second-order valence-electron chi connectivity index (χ2n) is 2.20. The minimum absolute atomic E-state index is 0. The summed E-state index contributed by atoms with van der Waals surface area (Å²) in [4.78, 5) is 14.7. The van der Waals surface area contributed by atoms with E-state index in [1.165, 1.54) is 6.34 Å². The Kier molecular flexibility index (Phi) is 4.42. The SMILES string of the molecule is Ic1cncn1C1=[NH+]C=C=NC=N1.[I-]. The molecule has 2 rings (SSSR count). The van der Waals surface area contributed by atoms with Crippen molar-refractivity contribution in [2.75, 3.05) is 0 Å². The van der Waals surface area contributed by atoms with Crippen molar-refractivity contribution in [3.8, 4) is 0 Å². The predicted molar refractivity (Wildman–Crippen MR) is 56.8 cm³/mol. The maximum Gasteiger partial charge on any atom is 0.404 e. The summed E-state index contributed by atoms with van der Waals surface area (Å²) >= 11 is 2.17. The first-order valence-corrected chi connectivity index (χ1v) is 4.57. The fourth-order valence-corrected chi connectivity index (χ4v) is 1.37. The van der Waals surface area contributed by atoms with Crippen LogP contribution in [0.5, 0.6) is 0 Å². The average molecular weight is 413 g/mol. The van der Waals surface area contributed by atoms with E-state index in [0.717, 1.165) is 3.70 Å². The van der Waals surface area contributed by atoms with Gasteiger partial charge >= 0.3 is 5.96 Å². The molecule has 1 aliphatic rings. The largest absolute Gasteiger partial charge is 1.00 e. The molecule has 0 aliphatic carbocycles. The van der Waals surface area contributed by atoms with Gasteiger partial charge in [0.05, 0.1) is 6.20 Å². The van der Waals surface area contributed by atoms with Gasteiger partial charge in [-0.05, 0) is 22.6 Å². The molecule has 0 spiro atoms. The highest BCUT2D eigenvalue weighted by Crippen LogP contribution is 2.01. The minimum Gasteiger partial charge on any atom is -1.00 e. The van der Waals surface area contributed by atoms with Gasteiger partial charge in [0.25, 0.3) is 0 Å². The molecule has 14 heavy (non-hydrogen) atoms. The van der Waals surface area contributed by atoms with E-state index < -0.39 is 0 Å². The molecule has 7 heteroatoms. The van der Waals surface area contributed by atoms with Crippen LogP contribution in [0.15, 0.2) is 28.7 Å². The second-order valence-corrected chi connectivity index (χ2v) is 3.31. The van der Waals surface area contributed by atoms with Gasteiger partial charge in [-0.15, -0.1) is 0 Å². The summed E-state index contributed by atoms with van der Waals surface area (Å²) in [5.74, 6) is 3.30. The summed E-state index contributed by atoms with van der Waals surface area (Å²) in [6.45, 7) is 0. The molecule has 72 valence electrons. The molecule has 0 fully saturated rings. The van der Waals surface area contributed by atoms with Crippen molar-refractivity contribution in [3.63, 3.8) is 0 Å². The maximum atomic E-state index is 4.06. The highest BCUT2D eigenvalue weighted by atomic mass is 127. The Morgan fingerprint density at radius 1 is 1.50 bits per heavy atom. The number of imidazole rings is 1. The van der Waals surface area contributed by atoms with Gasteiger partial charge in [0.2, 0.25) is 6.34 Å². The molecular weight excluding hydrogens is 408 g/mol. The lowest BCUT2D eigenvalue weighted by atomic mass is 10.8. The summed E-state index contributed by atoms with van der Waals surface area (Å²) in [7, 11) is 0. The first-order valence-electron chi connectivity index (χ1n) is 3.49. The molecule has 0 atom stereocenters. The Hall–Kier alpha value is -0.540. The molecule has 0 unspecified atom stereocenters. The van der Waals surface area contributed by atoms with E-state index in [4.69, 9.17) is 0 Å². The molecule has 5 nitrogen and oxygen atoms in total. The van der Waals surface area contributed by atoms with Crippen LogP contribution in [-0.4, -0.2) is 27.7 Å². The smallest absolute Gasteiger partial charge is 0.404 e. The van der Waals surface area contributed by atoms with Gasteiger partial charge in [-0.2, -0.15) is 9.56 Å². The van der Waals surface area contributed by atoms with Crippen LogP contribution in [0.3, 0.4) is 0 Å². The van der Waals surface area contributed by atoms with Crippen molar-refractivity contribution in [2.24, 2.45) is 9.98 Å². The molecule has 0 saturated carbocycles. The number of aromatic nitrogens is 2. The van der Waals surface area contributed by atoms with Gasteiger partial charge in [0, 0.05) is 5.87 Å². The molecule has 0 aromatic carbocycles. The van der Waals surface area contributed by atoms with Gasteiger partial charge in [-0.3, -0.25) is 0 Å². The first kappa shape index (κ1) is 11.5. The lowest BCUT2D eigenvalue weighted by Crippen LogP contribution is -3.00. The first-order chi connectivity index (χ1) is 6.38. The van der Waals surface area contributed by atoms with Crippen LogP contribution in [0.1, 0.15) is 0 Å². The highest BCUT2D eigenvalue weighted by Gasteiger charge is 2.12. The Morgan fingerprint density at radius 2 is 2.36 bits per heavy atom. The van der Waals surface area contributed by atoms with Crippen LogP contribution < -0.4 is 29.0 Å². The van der Waals surface area contributed by atoms with Gasteiger partial charge in [-0.1, -0.05) is 4.99 Å². The molecule has 2 heterocycles. The van der Waals surface area contributed by atoms with E-state index in [9.17, 15) is 0 Å². The van der Waals surface area contributed by atoms with E-state index >= 15 is 0 Å². The minimum atomic E-state index is 0. The third kappa shape index (κ3) is 2.49. The van der Waals surface area contributed by atoms with Crippen LogP contribution in [0.25, 0.3) is 0 Å². The van der Waals surface area contributed by atoms with Crippen molar-refractivity contribution >= 4 is 40.8 Å². The van der Waals surface area contributed by atoms with Crippen LogP contribution in [0, 0.1) is 3.70 Å². The maximum absolute atomic E-state index is 4.06. The summed E-state index contributed by atoms with van der Waals surface area (Å²) in [6, 6.07) is 0. The molecule has 0 bridgehead atoms. The summed E-state index contributed by atoms with van der Waals surface area (Å²) in [5.41, 5.74) is 0. The monoisotopic (exact) mass is 413 g/mol. The molecular formula is C7H5I2N5. The molecule has 0 saturated heterocycles. The topological polar surface area (TPSA) is 56.5 Å². The zero-order valence-corrected chi connectivity index (χ0v) is 11.2. The number of rotatable bonds is 0. The summed E-state index contributed by atoms with van der Waals surface area (Å²) in [6.07, 6.45) is 6.46. The molecule has 1 aliphatic heterocycles. The third-order valence-corrected chi connectivity index (χ3v) is 2.20. The van der Waals surface area contributed by atoms with Crippen LogP contribution in [-0.2, 0) is 0 Å². The fourth-order valence-electron chi connectivity index (χ4n) is 0.855. The molecule has 1 aromatic heterocycles. The fraction of sp³-hybridized carbons (Fsp3) is 0. The van der Waals surface area contributed by atoms with Crippen molar-refractivity contribution < 1.29 is 29.0 Å². The Bertz CT molecular complexity index is 439. The van der Waals surface area contributed by atoms with Crippen LogP contribution in [0.2, 0.25) is 0 Å². The standard InChI is InChI=1S/C7H4IN5.HI/c8-6-3-10-5-13(6)7-11-2-1-9-4-12-7;/h2-5H;1H. The van der Waals surface area contributed by atoms with Crippen molar-refractivity contribution in [3.05, 3.63) is 22.4 Å². The number of halogens is 2. The van der Waals surface area contributed by atoms with E-state index in [1.807, 2.05) is 4.57 Å². The van der Waals surface area contributed by atoms with Crippen molar-refractivity contribution in [1.29, 1.82) is 0 Å². The normalized spacial score (nSPS) is 13.4. The zero-order valence-electron chi connectivity index (χ0n) is 6.85. The van der Waals surface area contributed by atoms with Gasteiger partial charge in [0.1, 0.15) is 6.20 Å². The number of nitrogens with one attached hydrogen (secondary N) is 1. The van der Waals surface area contributed by atoms with Gasteiger partial charge in [-0.25, -0.2) is 9.98 Å². The van der Waals surface area contributed by atoms with E-state index in [2.05, 4.69) is 48.4 Å². The van der Waals surface area contributed by atoms with E-state index in [0.29, 0.717) is 5.96 Å². The number of hydrogen-bond donors (Lipinski definition) is 1. The molecule has 0 amide bonds.